The van der Waals surface area contributed by atoms with Gasteiger partial charge in [0.25, 0.3) is 0 Å². The summed E-state index contributed by atoms with van der Waals surface area (Å²) < 4.78 is 0. The SMILES string of the molecule is CCSCCC(C)NC(=O)C1CC(C)CCN1. The number of carbonyl (C=O) groups is 1. The Labute approximate surface area is 109 Å². The molecule has 1 aliphatic rings. The Kier molecular flexibility index (Phi) is 6.97. The number of hydrogen-bond acceptors (Lipinski definition) is 3. The Balaban J connectivity index is 2.22. The highest BCUT2D eigenvalue weighted by Gasteiger charge is 2.24. The van der Waals surface area contributed by atoms with Crippen LogP contribution in [0.5, 0.6) is 0 Å². The van der Waals surface area contributed by atoms with Crippen LogP contribution in [0.1, 0.15) is 40.0 Å². The van der Waals surface area contributed by atoms with Crippen LogP contribution < -0.4 is 10.6 Å². The van der Waals surface area contributed by atoms with Crippen LogP contribution in [0.15, 0.2) is 0 Å². The van der Waals surface area contributed by atoms with E-state index in [0.29, 0.717) is 12.0 Å². The van der Waals surface area contributed by atoms with E-state index in [-0.39, 0.29) is 11.9 Å². The van der Waals surface area contributed by atoms with Crippen molar-refractivity contribution in [3.05, 3.63) is 0 Å². The minimum Gasteiger partial charge on any atom is -0.352 e. The molecule has 1 saturated heterocycles. The van der Waals surface area contributed by atoms with Gasteiger partial charge in [-0.15, -0.1) is 0 Å². The predicted molar refractivity (Wildman–Crippen MR) is 75.4 cm³/mol. The largest absolute Gasteiger partial charge is 0.352 e. The van der Waals surface area contributed by atoms with Crippen molar-refractivity contribution in [2.24, 2.45) is 5.92 Å². The first-order valence-electron chi connectivity index (χ1n) is 6.75. The Bertz CT molecular complexity index is 235. The molecule has 4 heteroatoms. The van der Waals surface area contributed by atoms with Crippen molar-refractivity contribution < 1.29 is 4.79 Å². The fourth-order valence-corrected chi connectivity index (χ4v) is 2.94. The lowest BCUT2D eigenvalue weighted by molar-refractivity contribution is -0.124. The molecule has 1 heterocycles. The van der Waals surface area contributed by atoms with Crippen molar-refractivity contribution >= 4 is 17.7 Å². The normalized spacial score (nSPS) is 26.5. The van der Waals surface area contributed by atoms with Gasteiger partial charge in [-0.1, -0.05) is 13.8 Å². The van der Waals surface area contributed by atoms with E-state index < -0.39 is 0 Å². The van der Waals surface area contributed by atoms with Crippen molar-refractivity contribution in [3.8, 4) is 0 Å². The van der Waals surface area contributed by atoms with Gasteiger partial charge in [-0.2, -0.15) is 11.8 Å². The summed E-state index contributed by atoms with van der Waals surface area (Å²) in [4.78, 5) is 12.0. The quantitative estimate of drug-likeness (QED) is 0.716. The number of amides is 1. The summed E-state index contributed by atoms with van der Waals surface area (Å²) in [6.07, 6.45) is 3.22. The van der Waals surface area contributed by atoms with Crippen LogP contribution in [-0.4, -0.2) is 36.0 Å². The fraction of sp³-hybridized carbons (Fsp3) is 0.923. The predicted octanol–water partition coefficient (Wildman–Crippen LogP) is 2.02. The van der Waals surface area contributed by atoms with Crippen LogP contribution in [0.3, 0.4) is 0 Å². The molecule has 0 aromatic carbocycles. The second kappa shape index (κ2) is 7.98. The van der Waals surface area contributed by atoms with E-state index in [4.69, 9.17) is 0 Å². The first kappa shape index (κ1) is 14.8. The lowest BCUT2D eigenvalue weighted by Crippen LogP contribution is -2.50. The first-order chi connectivity index (χ1) is 8.13. The number of nitrogens with one attached hydrogen (secondary N) is 2. The topological polar surface area (TPSA) is 41.1 Å². The summed E-state index contributed by atoms with van der Waals surface area (Å²) in [5, 5.41) is 6.42. The summed E-state index contributed by atoms with van der Waals surface area (Å²) in [6.45, 7) is 7.46. The molecule has 0 bridgehead atoms. The van der Waals surface area contributed by atoms with Gasteiger partial charge in [0.15, 0.2) is 0 Å². The third-order valence-electron chi connectivity index (χ3n) is 3.27. The minimum atomic E-state index is 0.0278. The standard InChI is InChI=1S/C13H26N2OS/c1-4-17-8-6-11(3)15-13(16)12-9-10(2)5-7-14-12/h10-12,14H,4-9H2,1-3H3,(H,15,16). The van der Waals surface area contributed by atoms with Crippen LogP contribution in [-0.2, 0) is 4.79 Å². The summed E-state index contributed by atoms with van der Waals surface area (Å²) in [7, 11) is 0. The van der Waals surface area contributed by atoms with Crippen LogP contribution >= 0.6 is 11.8 Å². The number of piperidine rings is 1. The lowest BCUT2D eigenvalue weighted by atomic mass is 9.94. The van der Waals surface area contributed by atoms with Crippen molar-refractivity contribution in [3.63, 3.8) is 0 Å². The van der Waals surface area contributed by atoms with E-state index >= 15 is 0 Å². The van der Waals surface area contributed by atoms with Crippen molar-refractivity contribution in [1.29, 1.82) is 0 Å². The molecular weight excluding hydrogens is 232 g/mol. The summed E-state index contributed by atoms with van der Waals surface area (Å²) in [5.41, 5.74) is 0. The molecule has 100 valence electrons. The maximum absolute atomic E-state index is 12.0. The van der Waals surface area contributed by atoms with Gasteiger partial charge in [0.05, 0.1) is 6.04 Å². The molecule has 0 aromatic rings. The van der Waals surface area contributed by atoms with E-state index in [1.807, 2.05) is 11.8 Å². The van der Waals surface area contributed by atoms with E-state index in [0.717, 1.165) is 30.9 Å². The summed E-state index contributed by atoms with van der Waals surface area (Å²) in [6, 6.07) is 0.320. The number of rotatable bonds is 6. The molecule has 1 rings (SSSR count). The first-order valence-corrected chi connectivity index (χ1v) is 7.90. The highest BCUT2D eigenvalue weighted by molar-refractivity contribution is 7.99. The fourth-order valence-electron chi connectivity index (χ4n) is 2.13. The smallest absolute Gasteiger partial charge is 0.237 e. The zero-order chi connectivity index (χ0) is 12.7. The average molecular weight is 258 g/mol. The van der Waals surface area contributed by atoms with E-state index in [2.05, 4.69) is 31.4 Å². The highest BCUT2D eigenvalue weighted by Crippen LogP contribution is 2.15. The Hall–Kier alpha value is -0.220. The molecule has 0 aliphatic carbocycles. The second-order valence-electron chi connectivity index (χ2n) is 5.03. The zero-order valence-corrected chi connectivity index (χ0v) is 12.1. The van der Waals surface area contributed by atoms with Gasteiger partial charge in [0, 0.05) is 6.04 Å². The Morgan fingerprint density at radius 2 is 2.35 bits per heavy atom. The molecule has 1 fully saturated rings. The van der Waals surface area contributed by atoms with E-state index in [1.54, 1.807) is 0 Å². The number of carbonyl (C=O) groups excluding carboxylic acids is 1. The number of hydrogen-bond donors (Lipinski definition) is 2. The Morgan fingerprint density at radius 3 is 3.00 bits per heavy atom. The van der Waals surface area contributed by atoms with Crippen LogP contribution in [0, 0.1) is 5.92 Å². The summed E-state index contributed by atoms with van der Waals surface area (Å²) >= 11 is 1.93. The van der Waals surface area contributed by atoms with Crippen molar-refractivity contribution in [2.45, 2.75) is 52.1 Å². The van der Waals surface area contributed by atoms with Crippen LogP contribution in [0.25, 0.3) is 0 Å². The molecule has 0 radical (unpaired) electrons. The molecule has 0 spiro atoms. The maximum Gasteiger partial charge on any atom is 0.237 e. The number of thioether (sulfide) groups is 1. The van der Waals surface area contributed by atoms with Gasteiger partial charge in [0.2, 0.25) is 5.91 Å². The molecule has 0 aromatic heterocycles. The van der Waals surface area contributed by atoms with Gasteiger partial charge >= 0.3 is 0 Å². The van der Waals surface area contributed by atoms with Gasteiger partial charge < -0.3 is 10.6 Å². The second-order valence-corrected chi connectivity index (χ2v) is 6.43. The van der Waals surface area contributed by atoms with Gasteiger partial charge in [-0.3, -0.25) is 4.79 Å². The van der Waals surface area contributed by atoms with Gasteiger partial charge in [-0.25, -0.2) is 0 Å². The molecule has 1 aliphatic heterocycles. The highest BCUT2D eigenvalue weighted by atomic mass is 32.2. The molecule has 1 amide bonds. The summed E-state index contributed by atoms with van der Waals surface area (Å²) in [5.74, 6) is 3.14. The lowest BCUT2D eigenvalue weighted by Gasteiger charge is -2.28. The third kappa shape index (κ3) is 5.77. The maximum atomic E-state index is 12.0. The van der Waals surface area contributed by atoms with Crippen molar-refractivity contribution in [2.75, 3.05) is 18.1 Å². The molecule has 2 N–H and O–H groups in total. The molecule has 3 nitrogen and oxygen atoms in total. The van der Waals surface area contributed by atoms with Gasteiger partial charge in [0.1, 0.15) is 0 Å². The third-order valence-corrected chi connectivity index (χ3v) is 4.20. The zero-order valence-electron chi connectivity index (χ0n) is 11.3. The molecule has 17 heavy (non-hydrogen) atoms. The van der Waals surface area contributed by atoms with Crippen LogP contribution in [0.4, 0.5) is 0 Å². The molecule has 3 unspecified atom stereocenters. The van der Waals surface area contributed by atoms with Crippen LogP contribution in [0.2, 0.25) is 0 Å². The van der Waals surface area contributed by atoms with Gasteiger partial charge in [-0.05, 0) is 50.2 Å². The van der Waals surface area contributed by atoms with E-state index in [1.165, 1.54) is 6.42 Å². The monoisotopic (exact) mass is 258 g/mol. The van der Waals surface area contributed by atoms with Crippen molar-refractivity contribution in [1.82, 2.24) is 10.6 Å². The average Bonchev–Trinajstić information content (AvgIpc) is 2.29. The minimum absolute atomic E-state index is 0.0278. The molecule has 3 atom stereocenters. The Morgan fingerprint density at radius 1 is 1.59 bits per heavy atom. The molecular formula is C13H26N2OS. The van der Waals surface area contributed by atoms with E-state index in [9.17, 15) is 4.79 Å². The molecule has 0 saturated carbocycles.